The molecule has 1 aliphatic heterocycles. The Morgan fingerprint density at radius 1 is 0.962 bits per heavy atom. The number of hydrogen-bond donors (Lipinski definition) is 1. The maximum atomic E-state index is 9.41. The number of rotatable bonds is 4. The largest absolute Gasteiger partial charge is 0.508 e. The third-order valence-electron chi connectivity index (χ3n) is 4.63. The summed E-state index contributed by atoms with van der Waals surface area (Å²) >= 11 is 5.93. The van der Waals surface area contributed by atoms with Crippen molar-refractivity contribution in [2.75, 3.05) is 31.1 Å². The van der Waals surface area contributed by atoms with Gasteiger partial charge in [-0.2, -0.15) is 0 Å². The predicted octanol–water partition coefficient (Wildman–Crippen LogP) is 4.02. The average Bonchev–Trinajstić information content (AvgIpc) is 3.12. The third kappa shape index (κ3) is 3.84. The summed E-state index contributed by atoms with van der Waals surface area (Å²) in [4.78, 5) is 9.08. The SMILES string of the molecule is Oc1ccc(N2CCN(Cc3ncc(-c4ccc(Cl)cc4)o3)CC2)cc1. The molecule has 134 valence electrons. The van der Waals surface area contributed by atoms with Crippen molar-refractivity contribution < 1.29 is 9.52 Å². The summed E-state index contributed by atoms with van der Waals surface area (Å²) in [5.74, 6) is 1.79. The van der Waals surface area contributed by atoms with E-state index < -0.39 is 0 Å². The van der Waals surface area contributed by atoms with Crippen LogP contribution in [0.2, 0.25) is 5.02 Å². The molecule has 0 spiro atoms. The van der Waals surface area contributed by atoms with Crippen molar-refractivity contribution in [3.63, 3.8) is 0 Å². The summed E-state index contributed by atoms with van der Waals surface area (Å²) in [7, 11) is 0. The van der Waals surface area contributed by atoms with Gasteiger partial charge in [0, 0.05) is 42.5 Å². The first kappa shape index (κ1) is 16.9. The minimum absolute atomic E-state index is 0.299. The van der Waals surface area contributed by atoms with Crippen LogP contribution in [0.4, 0.5) is 5.69 Å². The van der Waals surface area contributed by atoms with Gasteiger partial charge in [-0.1, -0.05) is 11.6 Å². The molecule has 26 heavy (non-hydrogen) atoms. The zero-order valence-electron chi connectivity index (χ0n) is 14.3. The van der Waals surface area contributed by atoms with Gasteiger partial charge in [0.1, 0.15) is 5.75 Å². The molecule has 3 aromatic rings. The minimum atomic E-state index is 0.299. The van der Waals surface area contributed by atoms with E-state index in [9.17, 15) is 5.11 Å². The number of nitrogens with zero attached hydrogens (tertiary/aromatic N) is 3. The first-order valence-electron chi connectivity index (χ1n) is 8.64. The summed E-state index contributed by atoms with van der Waals surface area (Å²) in [6.45, 7) is 4.47. The summed E-state index contributed by atoms with van der Waals surface area (Å²) in [5, 5.41) is 10.1. The van der Waals surface area contributed by atoms with Crippen LogP contribution in [0.5, 0.6) is 5.75 Å². The molecule has 5 nitrogen and oxygen atoms in total. The molecule has 2 heterocycles. The summed E-state index contributed by atoms with van der Waals surface area (Å²) < 4.78 is 5.90. The topological polar surface area (TPSA) is 52.7 Å². The van der Waals surface area contributed by atoms with E-state index >= 15 is 0 Å². The predicted molar refractivity (Wildman–Crippen MR) is 103 cm³/mol. The van der Waals surface area contributed by atoms with E-state index in [1.165, 1.54) is 0 Å². The van der Waals surface area contributed by atoms with E-state index in [0.29, 0.717) is 17.3 Å². The van der Waals surface area contributed by atoms with Gasteiger partial charge in [-0.25, -0.2) is 4.98 Å². The highest BCUT2D eigenvalue weighted by atomic mass is 35.5. The number of piperazine rings is 1. The van der Waals surface area contributed by atoms with Crippen molar-refractivity contribution in [2.45, 2.75) is 6.54 Å². The number of aromatic hydroxyl groups is 1. The smallest absolute Gasteiger partial charge is 0.209 e. The van der Waals surface area contributed by atoms with Crippen LogP contribution in [0.3, 0.4) is 0 Å². The Bertz CT molecular complexity index is 854. The molecule has 0 bridgehead atoms. The summed E-state index contributed by atoms with van der Waals surface area (Å²) in [6.07, 6.45) is 1.77. The van der Waals surface area contributed by atoms with Gasteiger partial charge in [-0.05, 0) is 48.5 Å². The van der Waals surface area contributed by atoms with E-state index in [-0.39, 0.29) is 0 Å². The van der Waals surface area contributed by atoms with Crippen molar-refractivity contribution in [2.24, 2.45) is 0 Å². The summed E-state index contributed by atoms with van der Waals surface area (Å²) in [5.41, 5.74) is 2.12. The van der Waals surface area contributed by atoms with Crippen LogP contribution in [0, 0.1) is 0 Å². The van der Waals surface area contributed by atoms with Crippen LogP contribution < -0.4 is 4.90 Å². The molecule has 1 aliphatic rings. The molecule has 4 rings (SSSR count). The molecule has 0 amide bonds. The molecule has 6 heteroatoms. The van der Waals surface area contributed by atoms with Gasteiger partial charge in [-0.3, -0.25) is 4.90 Å². The second kappa shape index (κ2) is 7.40. The Hall–Kier alpha value is -2.50. The van der Waals surface area contributed by atoms with Crippen molar-refractivity contribution in [1.82, 2.24) is 9.88 Å². The van der Waals surface area contributed by atoms with Crippen molar-refractivity contribution in [1.29, 1.82) is 0 Å². The molecule has 0 radical (unpaired) electrons. The minimum Gasteiger partial charge on any atom is -0.508 e. The highest BCUT2D eigenvalue weighted by molar-refractivity contribution is 6.30. The highest BCUT2D eigenvalue weighted by Gasteiger charge is 2.19. The van der Waals surface area contributed by atoms with Gasteiger partial charge in [0.2, 0.25) is 5.89 Å². The van der Waals surface area contributed by atoms with Gasteiger partial charge in [0.05, 0.1) is 12.7 Å². The van der Waals surface area contributed by atoms with Crippen LogP contribution in [-0.2, 0) is 6.54 Å². The second-order valence-corrected chi connectivity index (χ2v) is 6.84. The molecule has 1 saturated heterocycles. The molecule has 0 saturated carbocycles. The molecule has 2 aromatic carbocycles. The van der Waals surface area contributed by atoms with E-state index in [2.05, 4.69) is 14.8 Å². The highest BCUT2D eigenvalue weighted by Crippen LogP contribution is 2.24. The van der Waals surface area contributed by atoms with Crippen LogP contribution >= 0.6 is 11.6 Å². The lowest BCUT2D eigenvalue weighted by atomic mass is 10.2. The number of oxazole rings is 1. The van der Waals surface area contributed by atoms with E-state index in [4.69, 9.17) is 16.0 Å². The fourth-order valence-corrected chi connectivity index (χ4v) is 3.28. The standard InChI is InChI=1S/C20H20ClN3O2/c21-16-3-1-15(2-4-16)19-13-22-20(26-19)14-23-9-11-24(12-10-23)17-5-7-18(25)8-6-17/h1-8,13,25H,9-12,14H2. The number of aromatic nitrogens is 1. The molecular formula is C20H20ClN3O2. The van der Waals surface area contributed by atoms with Crippen molar-refractivity contribution >= 4 is 17.3 Å². The Morgan fingerprint density at radius 2 is 1.65 bits per heavy atom. The number of phenols is 1. The molecule has 1 N–H and O–H groups in total. The lowest BCUT2D eigenvalue weighted by Gasteiger charge is -2.35. The zero-order valence-corrected chi connectivity index (χ0v) is 15.1. The number of anilines is 1. The van der Waals surface area contributed by atoms with E-state index in [1.807, 2.05) is 36.4 Å². The average molecular weight is 370 g/mol. The van der Waals surface area contributed by atoms with E-state index in [1.54, 1.807) is 18.3 Å². The second-order valence-electron chi connectivity index (χ2n) is 6.40. The van der Waals surface area contributed by atoms with E-state index in [0.717, 1.165) is 49.1 Å². The van der Waals surface area contributed by atoms with Gasteiger partial charge < -0.3 is 14.4 Å². The molecule has 0 aliphatic carbocycles. The van der Waals surface area contributed by atoms with Crippen molar-refractivity contribution in [3.05, 3.63) is 65.6 Å². The maximum Gasteiger partial charge on any atom is 0.209 e. The van der Waals surface area contributed by atoms with Crippen LogP contribution in [0.25, 0.3) is 11.3 Å². The Morgan fingerprint density at radius 3 is 2.35 bits per heavy atom. The maximum absolute atomic E-state index is 9.41. The molecule has 0 unspecified atom stereocenters. The van der Waals surface area contributed by atoms with Crippen molar-refractivity contribution in [3.8, 4) is 17.1 Å². The number of halogens is 1. The Kier molecular flexibility index (Phi) is 4.82. The van der Waals surface area contributed by atoms with Gasteiger partial charge in [0.15, 0.2) is 5.76 Å². The summed E-state index contributed by atoms with van der Waals surface area (Å²) in [6, 6.07) is 14.9. The molecular weight excluding hydrogens is 350 g/mol. The van der Waals surface area contributed by atoms with Crippen LogP contribution in [0.15, 0.2) is 59.1 Å². The number of hydrogen-bond acceptors (Lipinski definition) is 5. The monoisotopic (exact) mass is 369 g/mol. The normalized spacial score (nSPS) is 15.3. The lowest BCUT2D eigenvalue weighted by molar-refractivity contribution is 0.227. The number of benzene rings is 2. The molecule has 1 fully saturated rings. The Balaban J connectivity index is 1.34. The zero-order chi connectivity index (χ0) is 17.9. The first-order valence-corrected chi connectivity index (χ1v) is 9.02. The lowest BCUT2D eigenvalue weighted by Crippen LogP contribution is -2.46. The third-order valence-corrected chi connectivity index (χ3v) is 4.88. The van der Waals surface area contributed by atoms with Gasteiger partial charge >= 0.3 is 0 Å². The first-order chi connectivity index (χ1) is 12.7. The molecule has 0 atom stereocenters. The Labute approximate surface area is 157 Å². The van der Waals surface area contributed by atoms with Gasteiger partial charge in [-0.15, -0.1) is 0 Å². The number of phenolic OH excluding ortho intramolecular Hbond substituents is 1. The van der Waals surface area contributed by atoms with Crippen LogP contribution in [-0.4, -0.2) is 41.2 Å². The van der Waals surface area contributed by atoms with Crippen LogP contribution in [0.1, 0.15) is 5.89 Å². The van der Waals surface area contributed by atoms with Gasteiger partial charge in [0.25, 0.3) is 0 Å². The fraction of sp³-hybridized carbons (Fsp3) is 0.250. The quantitative estimate of drug-likeness (QED) is 0.752. The fourth-order valence-electron chi connectivity index (χ4n) is 3.15. The molecule has 1 aromatic heterocycles.